The molecule has 0 rings (SSSR count). The van der Waals surface area contributed by atoms with Gasteiger partial charge in [-0.05, 0) is 103 Å². The predicted molar refractivity (Wildman–Crippen MR) is 302 cm³/mol. The van der Waals surface area contributed by atoms with Crippen molar-refractivity contribution < 1.29 is 28.6 Å². The van der Waals surface area contributed by atoms with E-state index < -0.39 is 6.10 Å². The van der Waals surface area contributed by atoms with Crippen LogP contribution in [0.5, 0.6) is 0 Å². The van der Waals surface area contributed by atoms with E-state index in [0.29, 0.717) is 19.3 Å². The number of allylic oxidation sites excluding steroid dienone is 16. The molecule has 1 unspecified atom stereocenters. The number of ether oxygens (including phenoxy) is 3. The number of hydrogen-bond acceptors (Lipinski definition) is 6. The van der Waals surface area contributed by atoms with Crippen molar-refractivity contribution in [2.75, 3.05) is 13.2 Å². The van der Waals surface area contributed by atoms with Crippen LogP contribution in [0.25, 0.3) is 0 Å². The topological polar surface area (TPSA) is 78.9 Å². The van der Waals surface area contributed by atoms with Gasteiger partial charge in [0.1, 0.15) is 13.2 Å². The number of hydrogen-bond donors (Lipinski definition) is 0. The van der Waals surface area contributed by atoms with Crippen molar-refractivity contribution in [2.45, 2.75) is 277 Å². The molecule has 0 aromatic heterocycles. The van der Waals surface area contributed by atoms with Gasteiger partial charge in [0.25, 0.3) is 0 Å². The van der Waals surface area contributed by atoms with Gasteiger partial charge >= 0.3 is 17.9 Å². The van der Waals surface area contributed by atoms with Crippen LogP contribution in [0.15, 0.2) is 97.2 Å². The van der Waals surface area contributed by atoms with E-state index in [4.69, 9.17) is 14.2 Å². The summed E-state index contributed by atoms with van der Waals surface area (Å²) in [6, 6.07) is 0. The Bertz CT molecular complexity index is 1400. The first-order valence-electron chi connectivity index (χ1n) is 29.2. The van der Waals surface area contributed by atoms with E-state index in [-0.39, 0.29) is 31.1 Å². The Labute approximate surface area is 432 Å². The number of carbonyl (C=O) groups is 3. The van der Waals surface area contributed by atoms with E-state index in [1.54, 1.807) is 0 Å². The fraction of sp³-hybridized carbons (Fsp3) is 0.703. The molecule has 0 aliphatic carbocycles. The van der Waals surface area contributed by atoms with Gasteiger partial charge in [-0.15, -0.1) is 0 Å². The van der Waals surface area contributed by atoms with Gasteiger partial charge in [-0.1, -0.05) is 246 Å². The fourth-order valence-electron chi connectivity index (χ4n) is 7.95. The monoisotopic (exact) mass is 973 g/mol. The maximum absolute atomic E-state index is 12.8. The molecule has 0 spiro atoms. The minimum absolute atomic E-state index is 0.0842. The maximum Gasteiger partial charge on any atom is 0.306 e. The normalized spacial score (nSPS) is 12.8. The van der Waals surface area contributed by atoms with Crippen LogP contribution < -0.4 is 0 Å². The Morgan fingerprint density at radius 2 is 0.557 bits per heavy atom. The number of esters is 3. The molecule has 0 saturated heterocycles. The zero-order valence-corrected chi connectivity index (χ0v) is 45.8. The summed E-state index contributed by atoms with van der Waals surface area (Å²) in [7, 11) is 0. The van der Waals surface area contributed by atoms with E-state index in [0.717, 1.165) is 122 Å². The summed E-state index contributed by atoms with van der Waals surface area (Å²) < 4.78 is 16.8. The van der Waals surface area contributed by atoms with Gasteiger partial charge in [-0.2, -0.15) is 0 Å². The lowest BCUT2D eigenvalue weighted by Crippen LogP contribution is -2.30. The molecular formula is C64H108O6. The quantitative estimate of drug-likeness (QED) is 0.0262. The van der Waals surface area contributed by atoms with Crippen molar-refractivity contribution in [3.05, 3.63) is 97.2 Å². The van der Waals surface area contributed by atoms with Crippen LogP contribution in [0.4, 0.5) is 0 Å². The second-order valence-electron chi connectivity index (χ2n) is 19.2. The van der Waals surface area contributed by atoms with Crippen LogP contribution in [-0.4, -0.2) is 37.2 Å². The predicted octanol–water partition coefficient (Wildman–Crippen LogP) is 19.7. The van der Waals surface area contributed by atoms with E-state index in [9.17, 15) is 14.4 Å². The third-order valence-corrected chi connectivity index (χ3v) is 12.3. The van der Waals surface area contributed by atoms with Crippen molar-refractivity contribution >= 4 is 17.9 Å². The molecule has 0 aliphatic heterocycles. The van der Waals surface area contributed by atoms with Crippen LogP contribution >= 0.6 is 0 Å². The van der Waals surface area contributed by atoms with Crippen LogP contribution in [0.2, 0.25) is 0 Å². The highest BCUT2D eigenvalue weighted by Crippen LogP contribution is 2.15. The third-order valence-electron chi connectivity index (χ3n) is 12.3. The summed E-state index contributed by atoms with van der Waals surface area (Å²) >= 11 is 0. The Morgan fingerprint density at radius 3 is 0.900 bits per heavy atom. The molecule has 0 saturated carbocycles. The average Bonchev–Trinajstić information content (AvgIpc) is 3.36. The van der Waals surface area contributed by atoms with Crippen LogP contribution in [-0.2, 0) is 28.6 Å². The Balaban J connectivity index is 4.33. The van der Waals surface area contributed by atoms with Gasteiger partial charge in [-0.25, -0.2) is 0 Å². The molecule has 0 heterocycles. The highest BCUT2D eigenvalue weighted by atomic mass is 16.6. The summed E-state index contributed by atoms with van der Waals surface area (Å²) in [5.41, 5.74) is 0. The SMILES string of the molecule is CC/C=C\C/C=C\C/C=C\C/C=C\C/C=C\C/C=C\CCCCCCCCC(=O)OCC(COC(=O)CCCCCCCCCCCC)OC(=O)CCCCCCCCC/C=C\C/C=C\CCCCC. The molecule has 0 aromatic carbocycles. The maximum atomic E-state index is 12.8. The van der Waals surface area contributed by atoms with Crippen molar-refractivity contribution in [1.29, 1.82) is 0 Å². The van der Waals surface area contributed by atoms with E-state index in [1.807, 2.05) is 0 Å². The largest absolute Gasteiger partial charge is 0.462 e. The Morgan fingerprint density at radius 1 is 0.300 bits per heavy atom. The molecule has 0 amide bonds. The minimum atomic E-state index is -0.787. The van der Waals surface area contributed by atoms with Crippen molar-refractivity contribution in [3.8, 4) is 0 Å². The number of rotatable bonds is 52. The Hall–Kier alpha value is -3.67. The second-order valence-corrected chi connectivity index (χ2v) is 19.2. The van der Waals surface area contributed by atoms with Gasteiger partial charge in [0, 0.05) is 19.3 Å². The van der Waals surface area contributed by atoms with Gasteiger partial charge in [-0.3, -0.25) is 14.4 Å². The summed E-state index contributed by atoms with van der Waals surface area (Å²) in [5, 5.41) is 0. The molecule has 0 fully saturated rings. The standard InChI is InChI=1S/C64H108O6/c1-4-7-10-13-16-19-22-24-26-28-29-30-31-32-33-34-35-37-38-40-42-45-48-51-54-57-63(66)69-60-61(59-68-62(65)56-53-50-47-44-21-18-15-12-9-6-3)70-64(67)58-55-52-49-46-43-41-39-36-27-25-23-20-17-14-11-8-5-2/h7,10,16-17,19-20,24-27,29-30,32-33,35,37,61H,4-6,8-9,11-15,18,21-23,28,31,34,36,38-60H2,1-3H3/b10-7-,19-16-,20-17-,26-24-,27-25-,30-29-,33-32-,37-35-. The average molecular weight is 974 g/mol. The van der Waals surface area contributed by atoms with Gasteiger partial charge < -0.3 is 14.2 Å². The highest BCUT2D eigenvalue weighted by Gasteiger charge is 2.19. The molecule has 0 N–H and O–H groups in total. The lowest BCUT2D eigenvalue weighted by atomic mass is 10.1. The van der Waals surface area contributed by atoms with E-state index in [2.05, 4.69) is 118 Å². The summed E-state index contributed by atoms with van der Waals surface area (Å²) in [6.45, 7) is 6.48. The minimum Gasteiger partial charge on any atom is -0.462 e. The lowest BCUT2D eigenvalue weighted by Gasteiger charge is -2.18. The summed E-state index contributed by atoms with van der Waals surface area (Å²) in [6.07, 6.45) is 76.8. The smallest absolute Gasteiger partial charge is 0.306 e. The van der Waals surface area contributed by atoms with Gasteiger partial charge in [0.15, 0.2) is 6.10 Å². The van der Waals surface area contributed by atoms with E-state index >= 15 is 0 Å². The zero-order valence-electron chi connectivity index (χ0n) is 45.8. The molecule has 1 atom stereocenters. The first-order chi connectivity index (χ1) is 34.5. The van der Waals surface area contributed by atoms with Crippen molar-refractivity contribution in [2.24, 2.45) is 0 Å². The van der Waals surface area contributed by atoms with Crippen LogP contribution in [0, 0.1) is 0 Å². The molecule has 70 heavy (non-hydrogen) atoms. The van der Waals surface area contributed by atoms with Crippen molar-refractivity contribution in [3.63, 3.8) is 0 Å². The molecule has 400 valence electrons. The summed E-state index contributed by atoms with van der Waals surface area (Å²) in [5.74, 6) is -0.905. The second kappa shape index (κ2) is 57.9. The molecule has 0 bridgehead atoms. The van der Waals surface area contributed by atoms with Gasteiger partial charge in [0.2, 0.25) is 0 Å². The first kappa shape index (κ1) is 66.3. The van der Waals surface area contributed by atoms with Crippen molar-refractivity contribution in [1.82, 2.24) is 0 Å². The fourth-order valence-corrected chi connectivity index (χ4v) is 7.95. The van der Waals surface area contributed by atoms with Crippen LogP contribution in [0.1, 0.15) is 271 Å². The Kier molecular flexibility index (Phi) is 54.9. The molecule has 6 nitrogen and oxygen atoms in total. The van der Waals surface area contributed by atoms with Gasteiger partial charge in [0.05, 0.1) is 0 Å². The van der Waals surface area contributed by atoms with E-state index in [1.165, 1.54) is 109 Å². The molecule has 0 radical (unpaired) electrons. The highest BCUT2D eigenvalue weighted by molar-refractivity contribution is 5.71. The molecule has 0 aromatic rings. The first-order valence-corrected chi connectivity index (χ1v) is 29.2. The summed E-state index contributed by atoms with van der Waals surface area (Å²) in [4.78, 5) is 38.1. The third kappa shape index (κ3) is 55.3. The molecule has 6 heteroatoms. The lowest BCUT2D eigenvalue weighted by molar-refractivity contribution is -0.167. The molecular weight excluding hydrogens is 865 g/mol. The number of carbonyl (C=O) groups excluding carboxylic acids is 3. The zero-order chi connectivity index (χ0) is 50.7. The molecule has 0 aliphatic rings. The number of unbranched alkanes of at least 4 members (excludes halogenated alkanes) is 25. The van der Waals surface area contributed by atoms with Crippen LogP contribution in [0.3, 0.4) is 0 Å².